The van der Waals surface area contributed by atoms with E-state index in [0.29, 0.717) is 10.0 Å². The fourth-order valence-corrected chi connectivity index (χ4v) is 3.57. The number of hydrogen-bond acceptors (Lipinski definition) is 2. The van der Waals surface area contributed by atoms with Crippen LogP contribution in [0.25, 0.3) is 6.08 Å². The van der Waals surface area contributed by atoms with Gasteiger partial charge in [-0.05, 0) is 51.0 Å². The molecule has 1 N–H and O–H groups in total. The second-order valence-corrected chi connectivity index (χ2v) is 7.15. The minimum Gasteiger partial charge on any atom is -0.331 e. The summed E-state index contributed by atoms with van der Waals surface area (Å²) in [5.74, 6) is 0. The van der Waals surface area contributed by atoms with Gasteiger partial charge in [-0.15, -0.1) is 0 Å². The van der Waals surface area contributed by atoms with Gasteiger partial charge in [0.15, 0.2) is 0 Å². The number of rotatable bonds is 4. The van der Waals surface area contributed by atoms with Crippen molar-refractivity contribution in [2.24, 2.45) is 0 Å². The predicted molar refractivity (Wildman–Crippen MR) is 102 cm³/mol. The molecule has 1 atom stereocenters. The van der Waals surface area contributed by atoms with Crippen LogP contribution in [-0.2, 0) is 0 Å². The summed E-state index contributed by atoms with van der Waals surface area (Å²) in [7, 11) is 3.96. The van der Waals surface area contributed by atoms with Crippen LogP contribution < -0.4 is 5.32 Å². The van der Waals surface area contributed by atoms with Crippen LogP contribution >= 0.6 is 23.2 Å². The Kier molecular flexibility index (Phi) is 6.55. The maximum absolute atomic E-state index is 12.5. The van der Waals surface area contributed by atoms with Crippen molar-refractivity contribution in [3.63, 3.8) is 0 Å². The standard InChI is InChI=1S/C18H25Cl2N3O/c1-5-13-6-7-15(17(20)16(13)19)12(2)21-18(24)23(4)14-8-10-22(3)11-9-14/h5-7,12,14H,1,8-11H2,2-4H3,(H,21,24). The highest BCUT2D eigenvalue weighted by Gasteiger charge is 2.25. The Morgan fingerprint density at radius 2 is 2.00 bits per heavy atom. The molecule has 24 heavy (non-hydrogen) atoms. The Hall–Kier alpha value is -1.23. The van der Waals surface area contributed by atoms with Gasteiger partial charge >= 0.3 is 6.03 Å². The van der Waals surface area contributed by atoms with Gasteiger partial charge in [0, 0.05) is 13.1 Å². The quantitative estimate of drug-likeness (QED) is 0.851. The zero-order chi connectivity index (χ0) is 17.9. The Bertz CT molecular complexity index is 613. The molecule has 4 nitrogen and oxygen atoms in total. The van der Waals surface area contributed by atoms with Crippen molar-refractivity contribution in [3.8, 4) is 0 Å². The topological polar surface area (TPSA) is 35.6 Å². The van der Waals surface area contributed by atoms with Crippen molar-refractivity contribution in [1.29, 1.82) is 0 Å². The summed E-state index contributed by atoms with van der Waals surface area (Å²) >= 11 is 12.6. The van der Waals surface area contributed by atoms with Crippen molar-refractivity contribution in [1.82, 2.24) is 15.1 Å². The van der Waals surface area contributed by atoms with Gasteiger partial charge in [0.25, 0.3) is 0 Å². The molecule has 1 aliphatic rings. The van der Waals surface area contributed by atoms with E-state index in [9.17, 15) is 4.79 Å². The van der Waals surface area contributed by atoms with Crippen molar-refractivity contribution in [3.05, 3.63) is 39.9 Å². The monoisotopic (exact) mass is 369 g/mol. The fraction of sp³-hybridized carbons (Fsp3) is 0.500. The molecular weight excluding hydrogens is 345 g/mol. The molecule has 1 aromatic carbocycles. The number of carbonyl (C=O) groups excluding carboxylic acids is 1. The molecule has 2 rings (SSSR count). The Morgan fingerprint density at radius 1 is 1.38 bits per heavy atom. The number of amides is 2. The number of piperidine rings is 1. The molecule has 0 radical (unpaired) electrons. The van der Waals surface area contributed by atoms with Crippen LogP contribution in [0.15, 0.2) is 18.7 Å². The van der Waals surface area contributed by atoms with Gasteiger partial charge in [0.1, 0.15) is 0 Å². The highest BCUT2D eigenvalue weighted by atomic mass is 35.5. The van der Waals surface area contributed by atoms with Crippen LogP contribution in [0.2, 0.25) is 10.0 Å². The van der Waals surface area contributed by atoms with E-state index in [4.69, 9.17) is 23.2 Å². The lowest BCUT2D eigenvalue weighted by molar-refractivity contribution is 0.146. The molecule has 6 heteroatoms. The fourth-order valence-electron chi connectivity index (χ4n) is 2.98. The molecule has 1 aromatic rings. The lowest BCUT2D eigenvalue weighted by atomic mass is 10.0. The van der Waals surface area contributed by atoms with Gasteiger partial charge in [0.05, 0.1) is 16.1 Å². The average molecular weight is 370 g/mol. The Morgan fingerprint density at radius 3 is 2.58 bits per heavy atom. The van der Waals surface area contributed by atoms with Crippen LogP contribution in [0.4, 0.5) is 4.79 Å². The normalized spacial score (nSPS) is 17.4. The summed E-state index contributed by atoms with van der Waals surface area (Å²) in [4.78, 5) is 16.6. The molecule has 0 aliphatic carbocycles. The first-order chi connectivity index (χ1) is 11.3. The van der Waals surface area contributed by atoms with E-state index in [1.807, 2.05) is 26.1 Å². The summed E-state index contributed by atoms with van der Waals surface area (Å²) in [6.07, 6.45) is 3.65. The van der Waals surface area contributed by atoms with Crippen LogP contribution in [-0.4, -0.2) is 49.1 Å². The predicted octanol–water partition coefficient (Wildman–Crippen LogP) is 4.43. The number of benzene rings is 1. The molecule has 1 fully saturated rings. The van der Waals surface area contributed by atoms with Gasteiger partial charge in [-0.1, -0.05) is 48.0 Å². The van der Waals surface area contributed by atoms with E-state index in [1.54, 1.807) is 11.0 Å². The number of halogens is 2. The summed E-state index contributed by atoms with van der Waals surface area (Å²) in [5.41, 5.74) is 1.59. The first-order valence-electron chi connectivity index (χ1n) is 8.17. The Balaban J connectivity index is 2.03. The molecular formula is C18H25Cl2N3O. The molecule has 132 valence electrons. The van der Waals surface area contributed by atoms with Gasteiger partial charge in [-0.25, -0.2) is 4.79 Å². The van der Waals surface area contributed by atoms with Crippen molar-refractivity contribution < 1.29 is 4.79 Å². The maximum Gasteiger partial charge on any atom is 0.317 e. The van der Waals surface area contributed by atoms with E-state index in [2.05, 4.69) is 23.8 Å². The second kappa shape index (κ2) is 8.24. The molecule has 0 aromatic heterocycles. The van der Waals surface area contributed by atoms with E-state index in [-0.39, 0.29) is 18.1 Å². The minimum atomic E-state index is -0.227. The molecule has 0 spiro atoms. The smallest absolute Gasteiger partial charge is 0.317 e. The first-order valence-corrected chi connectivity index (χ1v) is 8.93. The minimum absolute atomic E-state index is 0.0861. The highest BCUT2D eigenvalue weighted by molar-refractivity contribution is 6.43. The van der Waals surface area contributed by atoms with Gasteiger partial charge < -0.3 is 15.1 Å². The number of likely N-dealkylation sites (tertiary alicyclic amines) is 1. The summed E-state index contributed by atoms with van der Waals surface area (Å²) in [6, 6.07) is 3.70. The van der Waals surface area contributed by atoms with Crippen LogP contribution in [0.3, 0.4) is 0 Å². The third-order valence-corrected chi connectivity index (χ3v) is 5.64. The number of nitrogens with one attached hydrogen (secondary N) is 1. The Labute approximate surface area is 154 Å². The van der Waals surface area contributed by atoms with E-state index < -0.39 is 0 Å². The lowest BCUT2D eigenvalue weighted by Gasteiger charge is -2.35. The highest BCUT2D eigenvalue weighted by Crippen LogP contribution is 2.33. The molecule has 1 heterocycles. The SMILES string of the molecule is C=Cc1ccc(C(C)NC(=O)N(C)C2CCN(C)CC2)c(Cl)c1Cl. The third kappa shape index (κ3) is 4.24. The molecule has 1 unspecified atom stereocenters. The van der Waals surface area contributed by atoms with Crippen LogP contribution in [0, 0.1) is 0 Å². The number of carbonyl (C=O) groups is 1. The van der Waals surface area contributed by atoms with E-state index in [0.717, 1.165) is 37.1 Å². The zero-order valence-electron chi connectivity index (χ0n) is 14.5. The van der Waals surface area contributed by atoms with E-state index >= 15 is 0 Å². The van der Waals surface area contributed by atoms with Crippen LogP contribution in [0.1, 0.15) is 36.9 Å². The number of hydrogen-bond donors (Lipinski definition) is 1. The average Bonchev–Trinajstić information content (AvgIpc) is 2.57. The number of nitrogens with zero attached hydrogens (tertiary/aromatic N) is 2. The van der Waals surface area contributed by atoms with Gasteiger partial charge in [-0.3, -0.25) is 0 Å². The molecule has 1 saturated heterocycles. The molecule has 0 bridgehead atoms. The molecule has 1 aliphatic heterocycles. The van der Waals surface area contributed by atoms with Gasteiger partial charge in [-0.2, -0.15) is 0 Å². The first kappa shape index (κ1) is 19.1. The van der Waals surface area contributed by atoms with E-state index in [1.165, 1.54) is 0 Å². The third-order valence-electron chi connectivity index (χ3n) is 4.72. The summed E-state index contributed by atoms with van der Waals surface area (Å²) in [5, 5.41) is 3.94. The van der Waals surface area contributed by atoms with Crippen LogP contribution in [0.5, 0.6) is 0 Å². The molecule has 2 amide bonds. The van der Waals surface area contributed by atoms with Crippen molar-refractivity contribution >= 4 is 35.3 Å². The largest absolute Gasteiger partial charge is 0.331 e. The zero-order valence-corrected chi connectivity index (χ0v) is 16.0. The summed E-state index contributed by atoms with van der Waals surface area (Å²) in [6.45, 7) is 7.65. The van der Waals surface area contributed by atoms with Crippen molar-refractivity contribution in [2.45, 2.75) is 31.8 Å². The lowest BCUT2D eigenvalue weighted by Crippen LogP contribution is -2.48. The second-order valence-electron chi connectivity index (χ2n) is 6.39. The number of urea groups is 1. The van der Waals surface area contributed by atoms with Crippen molar-refractivity contribution in [2.75, 3.05) is 27.2 Å². The molecule has 0 saturated carbocycles. The summed E-state index contributed by atoms with van der Waals surface area (Å²) < 4.78 is 0. The maximum atomic E-state index is 12.5. The van der Waals surface area contributed by atoms with Gasteiger partial charge in [0.2, 0.25) is 0 Å².